The van der Waals surface area contributed by atoms with Crippen LogP contribution in [0.1, 0.15) is 43.7 Å². The summed E-state index contributed by atoms with van der Waals surface area (Å²) in [5.74, 6) is 0.534. The highest BCUT2D eigenvalue weighted by Crippen LogP contribution is 2.94. The first-order valence-corrected chi connectivity index (χ1v) is 10.6. The fraction of sp³-hybridized carbons (Fsp3) is 0.440. The number of nitrogens with zero attached hydrogens (tertiary/aromatic N) is 1. The Morgan fingerprint density at radius 3 is 2.59 bits per heavy atom. The predicted octanol–water partition coefficient (Wildman–Crippen LogP) is 5.57. The first-order chi connectivity index (χ1) is 14.0. The number of hydrogen-bond donors (Lipinski definition) is 0. The molecule has 0 aromatic heterocycles. The number of hydrogen-bond acceptors (Lipinski definition) is 3. The van der Waals surface area contributed by atoms with E-state index < -0.39 is 0 Å². The van der Waals surface area contributed by atoms with Crippen molar-refractivity contribution in [3.63, 3.8) is 0 Å². The van der Waals surface area contributed by atoms with Crippen LogP contribution in [0.3, 0.4) is 0 Å². The summed E-state index contributed by atoms with van der Waals surface area (Å²) in [4.78, 5) is 10.6. The van der Waals surface area contributed by atoms with Crippen molar-refractivity contribution in [2.24, 2.45) is 16.7 Å². The van der Waals surface area contributed by atoms with Crippen LogP contribution in [0.2, 0.25) is 0 Å². The number of rotatable bonds is 5. The number of benzene rings is 2. The molecule has 0 amide bonds. The number of ether oxygens (including phenoxy) is 1. The first-order valence-electron chi connectivity index (χ1n) is 10.6. The standard InChI is InChI=1S/C25H25NO3/c1-22-16-23-13-5-6-14-24(23,19-7-3-2-4-8-19)21(23)25(22,17-22)29-15-18-9-11-20(12-10-18)26(27)28/h2-4,6-12,14,21H,5,13,15-17H2,1H3/t21-,22-,23?,24?,25+/m0/s1. The Bertz CT molecular complexity index is 1030. The maximum atomic E-state index is 10.9. The van der Waals surface area contributed by atoms with Gasteiger partial charge in [0.05, 0.1) is 17.1 Å². The van der Waals surface area contributed by atoms with Gasteiger partial charge in [0, 0.05) is 28.9 Å². The molecule has 29 heavy (non-hydrogen) atoms. The lowest BCUT2D eigenvalue weighted by Crippen LogP contribution is -2.30. The predicted molar refractivity (Wildman–Crippen MR) is 110 cm³/mol. The Hall–Kier alpha value is -2.46. The third-order valence-corrected chi connectivity index (χ3v) is 8.50. The van der Waals surface area contributed by atoms with Crippen LogP contribution in [-0.4, -0.2) is 10.5 Å². The average molecular weight is 387 g/mol. The van der Waals surface area contributed by atoms with E-state index in [-0.39, 0.29) is 27.0 Å². The van der Waals surface area contributed by atoms with Gasteiger partial charge in [0.2, 0.25) is 0 Å². The molecule has 0 radical (unpaired) electrons. The van der Waals surface area contributed by atoms with E-state index in [1.54, 1.807) is 12.1 Å². The van der Waals surface area contributed by atoms with Gasteiger partial charge >= 0.3 is 0 Å². The number of non-ortho nitro benzene ring substituents is 1. The van der Waals surface area contributed by atoms with Gasteiger partial charge in [-0.25, -0.2) is 0 Å². The van der Waals surface area contributed by atoms with E-state index in [2.05, 4.69) is 49.4 Å². The second kappa shape index (κ2) is 5.37. The van der Waals surface area contributed by atoms with E-state index in [0.29, 0.717) is 17.9 Å². The summed E-state index contributed by atoms with van der Waals surface area (Å²) in [6, 6.07) is 17.8. The van der Waals surface area contributed by atoms with Crippen molar-refractivity contribution >= 4 is 5.69 Å². The number of allylic oxidation sites excluding steroid dienone is 2. The molecule has 4 heteroatoms. The molecule has 1 spiro atoms. The molecule has 3 fully saturated rings. The lowest BCUT2D eigenvalue weighted by molar-refractivity contribution is -0.384. The lowest BCUT2D eigenvalue weighted by Gasteiger charge is -2.31. The van der Waals surface area contributed by atoms with Crippen LogP contribution in [0.15, 0.2) is 66.7 Å². The fourth-order valence-corrected chi connectivity index (χ4v) is 7.39. The second-order valence-corrected chi connectivity index (χ2v) is 9.78. The van der Waals surface area contributed by atoms with Crippen molar-refractivity contribution in [1.29, 1.82) is 0 Å². The molecule has 4 nitrogen and oxygen atoms in total. The average Bonchev–Trinajstić information content (AvgIpc) is 3.53. The largest absolute Gasteiger partial charge is 0.369 e. The molecular formula is C25H25NO3. The molecule has 148 valence electrons. The molecule has 3 saturated carbocycles. The molecule has 0 N–H and O–H groups in total. The second-order valence-electron chi connectivity index (χ2n) is 9.78. The Labute approximate surface area is 170 Å². The molecule has 2 aromatic carbocycles. The van der Waals surface area contributed by atoms with Crippen LogP contribution < -0.4 is 0 Å². The van der Waals surface area contributed by atoms with Gasteiger partial charge in [-0.2, -0.15) is 0 Å². The van der Waals surface area contributed by atoms with E-state index >= 15 is 0 Å². The zero-order valence-electron chi connectivity index (χ0n) is 16.6. The van der Waals surface area contributed by atoms with Gasteiger partial charge in [0.15, 0.2) is 0 Å². The van der Waals surface area contributed by atoms with Crippen LogP contribution in [0.4, 0.5) is 5.69 Å². The van der Waals surface area contributed by atoms with Crippen LogP contribution in [-0.2, 0) is 16.8 Å². The topological polar surface area (TPSA) is 52.4 Å². The smallest absolute Gasteiger partial charge is 0.269 e. The van der Waals surface area contributed by atoms with Gasteiger partial charge in [-0.1, -0.05) is 49.4 Å². The van der Waals surface area contributed by atoms with Crippen molar-refractivity contribution in [2.75, 3.05) is 0 Å². The minimum Gasteiger partial charge on any atom is -0.369 e. The highest BCUT2D eigenvalue weighted by molar-refractivity contribution is 5.57. The zero-order valence-corrected chi connectivity index (χ0v) is 16.6. The van der Waals surface area contributed by atoms with Gasteiger partial charge in [0.25, 0.3) is 5.69 Å². The van der Waals surface area contributed by atoms with Crippen molar-refractivity contribution in [1.82, 2.24) is 0 Å². The van der Waals surface area contributed by atoms with E-state index in [9.17, 15) is 10.1 Å². The highest BCUT2D eigenvalue weighted by atomic mass is 16.6. The monoisotopic (exact) mass is 387 g/mol. The lowest BCUT2D eigenvalue weighted by atomic mass is 9.74. The van der Waals surface area contributed by atoms with Crippen LogP contribution in [0.5, 0.6) is 0 Å². The zero-order chi connectivity index (χ0) is 19.9. The minimum atomic E-state index is -0.354. The first kappa shape index (κ1) is 17.4. The Morgan fingerprint density at radius 2 is 1.86 bits per heavy atom. The number of nitro benzene ring substituents is 1. The third kappa shape index (κ3) is 1.98. The summed E-state index contributed by atoms with van der Waals surface area (Å²) in [7, 11) is 0. The molecule has 2 aromatic rings. The fourth-order valence-electron chi connectivity index (χ4n) is 7.39. The van der Waals surface area contributed by atoms with Crippen molar-refractivity contribution in [2.45, 2.75) is 50.2 Å². The van der Waals surface area contributed by atoms with Gasteiger partial charge in [-0.3, -0.25) is 10.1 Å². The van der Waals surface area contributed by atoms with Crippen molar-refractivity contribution in [3.8, 4) is 0 Å². The number of nitro groups is 1. The summed E-state index contributed by atoms with van der Waals surface area (Å²) in [6.45, 7) is 2.92. The van der Waals surface area contributed by atoms with Gasteiger partial charge < -0.3 is 4.74 Å². The summed E-state index contributed by atoms with van der Waals surface area (Å²) in [5, 5.41) is 10.9. The highest BCUT2D eigenvalue weighted by Gasteiger charge is 2.95. The van der Waals surface area contributed by atoms with Crippen LogP contribution >= 0.6 is 0 Å². The summed E-state index contributed by atoms with van der Waals surface area (Å²) in [6.07, 6.45) is 9.65. The molecular weight excluding hydrogens is 362 g/mol. The molecule has 0 saturated heterocycles. The van der Waals surface area contributed by atoms with E-state index in [1.165, 1.54) is 24.8 Å². The Morgan fingerprint density at radius 1 is 1.10 bits per heavy atom. The van der Waals surface area contributed by atoms with Crippen molar-refractivity contribution in [3.05, 3.63) is 88.0 Å². The SMILES string of the molecule is C[C@@]12CC34CCC=CC3(c3ccccc3)[C@H]4[C@]1(OCc1ccc([N+](=O)[O-])cc1)C2. The van der Waals surface area contributed by atoms with E-state index in [4.69, 9.17) is 4.74 Å². The summed E-state index contributed by atoms with van der Waals surface area (Å²) < 4.78 is 6.74. The maximum Gasteiger partial charge on any atom is 0.269 e. The maximum absolute atomic E-state index is 10.9. The minimum absolute atomic E-state index is 0.0701. The van der Waals surface area contributed by atoms with Gasteiger partial charge in [-0.15, -0.1) is 0 Å². The quantitative estimate of drug-likeness (QED) is 0.383. The van der Waals surface area contributed by atoms with E-state index in [1.807, 2.05) is 12.1 Å². The number of fused-ring (bicyclic) bond motifs is 3. The molecule has 4 aliphatic carbocycles. The Balaban J connectivity index is 1.32. The van der Waals surface area contributed by atoms with Gasteiger partial charge in [-0.05, 0) is 54.4 Å². The Kier molecular flexibility index (Phi) is 3.22. The normalized spacial score (nSPS) is 40.7. The molecule has 2 unspecified atom stereocenters. The molecule has 0 bridgehead atoms. The molecule has 0 aliphatic heterocycles. The molecule has 5 atom stereocenters. The summed E-state index contributed by atoms with van der Waals surface area (Å²) >= 11 is 0. The van der Waals surface area contributed by atoms with Crippen molar-refractivity contribution < 1.29 is 9.66 Å². The van der Waals surface area contributed by atoms with E-state index in [0.717, 1.165) is 12.0 Å². The molecule has 0 heterocycles. The third-order valence-electron chi connectivity index (χ3n) is 8.50. The molecule has 4 aliphatic rings. The van der Waals surface area contributed by atoms with Gasteiger partial charge in [0.1, 0.15) is 0 Å². The molecule has 6 rings (SSSR count). The van der Waals surface area contributed by atoms with Crippen LogP contribution in [0, 0.1) is 26.9 Å². The summed E-state index contributed by atoms with van der Waals surface area (Å²) in [5.41, 5.74) is 3.23. The van der Waals surface area contributed by atoms with Crippen LogP contribution in [0.25, 0.3) is 0 Å².